The van der Waals surface area contributed by atoms with E-state index in [1.165, 1.54) is 6.07 Å². The third-order valence-electron chi connectivity index (χ3n) is 1.88. The predicted octanol–water partition coefficient (Wildman–Crippen LogP) is 2.50. The van der Waals surface area contributed by atoms with Gasteiger partial charge in [-0.05, 0) is 31.2 Å². The molecule has 1 rings (SSSR count). The topological polar surface area (TPSA) is 3.24 Å². The summed E-state index contributed by atoms with van der Waals surface area (Å²) in [6.07, 6.45) is 0.834. The molecular weight excluding hydrogens is 189 g/mol. The van der Waals surface area contributed by atoms with Crippen molar-refractivity contribution in [3.8, 4) is 0 Å². The molecule has 0 aliphatic carbocycles. The van der Waals surface area contributed by atoms with Gasteiger partial charge in [0.1, 0.15) is 5.82 Å². The highest BCUT2D eigenvalue weighted by Gasteiger charge is 1.98. The van der Waals surface area contributed by atoms with Gasteiger partial charge in [0.05, 0.1) is 6.00 Å². The summed E-state index contributed by atoms with van der Waals surface area (Å²) in [5.74, 6) is -0.175. The highest BCUT2D eigenvalue weighted by atomic mass is 35.5. The van der Waals surface area contributed by atoms with Crippen molar-refractivity contribution in [1.29, 1.82) is 0 Å². The van der Waals surface area contributed by atoms with Gasteiger partial charge in [-0.2, -0.15) is 0 Å². The van der Waals surface area contributed by atoms with Crippen molar-refractivity contribution in [1.82, 2.24) is 4.90 Å². The summed E-state index contributed by atoms with van der Waals surface area (Å²) in [5.41, 5.74) is 1.01. The zero-order chi connectivity index (χ0) is 9.68. The molecule has 3 heteroatoms. The Morgan fingerprint density at radius 1 is 1.46 bits per heavy atom. The summed E-state index contributed by atoms with van der Waals surface area (Å²) in [7, 11) is 1.94. The van der Waals surface area contributed by atoms with Crippen molar-refractivity contribution in [2.45, 2.75) is 6.42 Å². The fourth-order valence-electron chi connectivity index (χ4n) is 1.07. The van der Waals surface area contributed by atoms with Crippen LogP contribution in [0, 0.1) is 5.82 Å². The Hall–Kier alpha value is -0.600. The van der Waals surface area contributed by atoms with Crippen molar-refractivity contribution >= 4 is 11.6 Å². The molecular formula is C10H13ClFN. The van der Waals surface area contributed by atoms with E-state index in [9.17, 15) is 4.39 Å². The zero-order valence-corrected chi connectivity index (χ0v) is 8.39. The van der Waals surface area contributed by atoms with Crippen LogP contribution in [-0.4, -0.2) is 24.5 Å². The predicted molar refractivity (Wildman–Crippen MR) is 53.5 cm³/mol. The monoisotopic (exact) mass is 201 g/mol. The number of halogens is 2. The minimum Gasteiger partial charge on any atom is -0.293 e. The molecule has 0 fully saturated rings. The largest absolute Gasteiger partial charge is 0.293 e. The molecule has 1 aromatic carbocycles. The van der Waals surface area contributed by atoms with Crippen molar-refractivity contribution in [2.24, 2.45) is 0 Å². The molecule has 0 aromatic heterocycles. The van der Waals surface area contributed by atoms with E-state index in [1.54, 1.807) is 12.1 Å². The fourth-order valence-corrected chi connectivity index (χ4v) is 1.19. The van der Waals surface area contributed by atoms with Gasteiger partial charge < -0.3 is 0 Å². The minimum atomic E-state index is -0.175. The average Bonchev–Trinajstić information content (AvgIpc) is 2.14. The van der Waals surface area contributed by atoms with Crippen LogP contribution in [0.4, 0.5) is 4.39 Å². The van der Waals surface area contributed by atoms with Gasteiger partial charge in [0, 0.05) is 6.54 Å². The van der Waals surface area contributed by atoms with Gasteiger partial charge in [-0.3, -0.25) is 4.90 Å². The molecule has 0 aliphatic rings. The molecule has 0 bridgehead atoms. The van der Waals surface area contributed by atoms with Gasteiger partial charge in [-0.25, -0.2) is 4.39 Å². The molecule has 0 saturated heterocycles. The number of rotatable bonds is 4. The van der Waals surface area contributed by atoms with E-state index in [1.807, 2.05) is 18.0 Å². The average molecular weight is 202 g/mol. The highest BCUT2D eigenvalue weighted by molar-refractivity contribution is 6.17. The van der Waals surface area contributed by atoms with Crippen molar-refractivity contribution < 1.29 is 4.39 Å². The van der Waals surface area contributed by atoms with Gasteiger partial charge in [0.15, 0.2) is 0 Å². The Morgan fingerprint density at radius 2 is 2.23 bits per heavy atom. The fraction of sp³-hybridized carbons (Fsp3) is 0.400. The lowest BCUT2D eigenvalue weighted by molar-refractivity contribution is 0.394. The van der Waals surface area contributed by atoms with Crippen molar-refractivity contribution in [2.75, 3.05) is 19.6 Å². The SMILES string of the molecule is CN(CCl)CCc1cccc(F)c1. The minimum absolute atomic E-state index is 0.175. The first kappa shape index (κ1) is 10.5. The van der Waals surface area contributed by atoms with Gasteiger partial charge in [0.25, 0.3) is 0 Å². The second-order valence-electron chi connectivity index (χ2n) is 3.08. The number of hydrogen-bond donors (Lipinski definition) is 0. The normalized spacial score (nSPS) is 10.8. The van der Waals surface area contributed by atoms with E-state index in [0.29, 0.717) is 6.00 Å². The van der Waals surface area contributed by atoms with Crippen LogP contribution in [0.1, 0.15) is 5.56 Å². The van der Waals surface area contributed by atoms with Crippen LogP contribution in [0.3, 0.4) is 0 Å². The van der Waals surface area contributed by atoms with Crippen LogP contribution >= 0.6 is 11.6 Å². The molecule has 0 N–H and O–H groups in total. The van der Waals surface area contributed by atoms with E-state index in [4.69, 9.17) is 11.6 Å². The molecule has 0 unspecified atom stereocenters. The smallest absolute Gasteiger partial charge is 0.123 e. The molecule has 13 heavy (non-hydrogen) atoms. The molecule has 0 amide bonds. The third-order valence-corrected chi connectivity index (χ3v) is 2.28. The van der Waals surface area contributed by atoms with Crippen LogP contribution in [0.15, 0.2) is 24.3 Å². The van der Waals surface area contributed by atoms with E-state index in [2.05, 4.69) is 0 Å². The highest BCUT2D eigenvalue weighted by Crippen LogP contribution is 2.04. The summed E-state index contributed by atoms with van der Waals surface area (Å²) in [5, 5.41) is 0. The maximum absolute atomic E-state index is 12.7. The summed E-state index contributed by atoms with van der Waals surface area (Å²) in [4.78, 5) is 1.98. The summed E-state index contributed by atoms with van der Waals surface area (Å²) < 4.78 is 12.7. The number of hydrogen-bond acceptors (Lipinski definition) is 1. The molecule has 0 atom stereocenters. The van der Waals surface area contributed by atoms with Crippen LogP contribution in [0.2, 0.25) is 0 Å². The van der Waals surface area contributed by atoms with E-state index in [0.717, 1.165) is 18.5 Å². The van der Waals surface area contributed by atoms with Gasteiger partial charge in [-0.1, -0.05) is 12.1 Å². The van der Waals surface area contributed by atoms with Gasteiger partial charge >= 0.3 is 0 Å². The molecule has 0 radical (unpaired) electrons. The first-order valence-corrected chi connectivity index (χ1v) is 4.75. The lowest BCUT2D eigenvalue weighted by atomic mass is 10.1. The van der Waals surface area contributed by atoms with E-state index >= 15 is 0 Å². The van der Waals surface area contributed by atoms with Gasteiger partial charge in [0.2, 0.25) is 0 Å². The lowest BCUT2D eigenvalue weighted by Gasteiger charge is -2.11. The Morgan fingerprint density at radius 3 is 2.85 bits per heavy atom. The molecule has 0 spiro atoms. The maximum atomic E-state index is 12.7. The first-order valence-electron chi connectivity index (χ1n) is 4.21. The van der Waals surface area contributed by atoms with E-state index < -0.39 is 0 Å². The van der Waals surface area contributed by atoms with E-state index in [-0.39, 0.29) is 5.82 Å². The molecule has 0 heterocycles. The van der Waals surface area contributed by atoms with Crippen molar-refractivity contribution in [3.05, 3.63) is 35.6 Å². The van der Waals surface area contributed by atoms with Gasteiger partial charge in [-0.15, -0.1) is 11.6 Å². The van der Waals surface area contributed by atoms with Crippen LogP contribution in [0.5, 0.6) is 0 Å². The Labute approximate surface area is 83.1 Å². The Balaban J connectivity index is 2.45. The first-order chi connectivity index (χ1) is 6.22. The number of alkyl halides is 1. The molecule has 1 nitrogen and oxygen atoms in total. The Kier molecular flexibility index (Phi) is 4.19. The van der Waals surface area contributed by atoms with Crippen LogP contribution < -0.4 is 0 Å². The van der Waals surface area contributed by atoms with Crippen LogP contribution in [0.25, 0.3) is 0 Å². The summed E-state index contributed by atoms with van der Waals surface area (Å²) in [6.45, 7) is 0.854. The number of nitrogens with zero attached hydrogens (tertiary/aromatic N) is 1. The second kappa shape index (κ2) is 5.20. The van der Waals surface area contributed by atoms with Crippen LogP contribution in [-0.2, 0) is 6.42 Å². The Bertz CT molecular complexity index is 265. The summed E-state index contributed by atoms with van der Waals surface area (Å²) >= 11 is 5.60. The standard InChI is InChI=1S/C10H13ClFN/c1-13(8-11)6-5-9-3-2-4-10(12)7-9/h2-4,7H,5-6,8H2,1H3. The summed E-state index contributed by atoms with van der Waals surface area (Å²) in [6, 6.07) is 7.17. The lowest BCUT2D eigenvalue weighted by Crippen LogP contribution is -2.19. The molecule has 72 valence electrons. The number of likely N-dealkylation sites (N-methyl/N-ethyl adjacent to an activating group) is 1. The zero-order valence-electron chi connectivity index (χ0n) is 7.63. The molecule has 1 aromatic rings. The quantitative estimate of drug-likeness (QED) is 0.535. The van der Waals surface area contributed by atoms with Crippen molar-refractivity contribution in [3.63, 3.8) is 0 Å². The molecule has 0 aliphatic heterocycles. The maximum Gasteiger partial charge on any atom is 0.123 e. The second-order valence-corrected chi connectivity index (χ2v) is 3.32. The number of benzene rings is 1. The molecule has 0 saturated carbocycles. The third kappa shape index (κ3) is 3.75.